The topological polar surface area (TPSA) is 381 Å². The fourth-order valence-corrected chi connectivity index (χ4v) is 9.88. The third kappa shape index (κ3) is 20.2. The molecule has 2 aromatic rings. The van der Waals surface area contributed by atoms with Gasteiger partial charge in [0.2, 0.25) is 11.8 Å². The van der Waals surface area contributed by atoms with Crippen molar-refractivity contribution in [3.63, 3.8) is 0 Å². The molecule has 2 unspecified atom stereocenters. The Morgan fingerprint density at radius 3 is 2.23 bits per heavy atom. The van der Waals surface area contributed by atoms with Crippen LogP contribution in [0.2, 0.25) is 0 Å². The minimum atomic E-state index is -5.59. The summed E-state index contributed by atoms with van der Waals surface area (Å²) in [5.41, 5.74) is 4.24. The number of nitrogens with one attached hydrogen (secondary N) is 2. The normalized spacial score (nSPS) is 20.4. The number of hydrogen-bond acceptors (Lipinski definition) is 19. The van der Waals surface area contributed by atoms with E-state index >= 15 is 0 Å². The van der Waals surface area contributed by atoms with Crippen molar-refractivity contribution in [1.29, 1.82) is 0 Å². The number of nitrogens with two attached hydrogens (primary N) is 1. The van der Waals surface area contributed by atoms with E-state index in [0.29, 0.717) is 6.42 Å². The Bertz CT molecular complexity index is 2040. The lowest BCUT2D eigenvalue weighted by Gasteiger charge is -2.30. The number of imidazole rings is 1. The number of hydrogen-bond donors (Lipinski definition) is 9. The Balaban J connectivity index is 1.35. The highest BCUT2D eigenvalue weighted by Crippen LogP contribution is 2.61. The van der Waals surface area contributed by atoms with Crippen molar-refractivity contribution >= 4 is 74.9 Å². The number of amides is 2. The lowest BCUT2D eigenvalue weighted by molar-refractivity contribution is -0.137. The van der Waals surface area contributed by atoms with Crippen LogP contribution in [0.25, 0.3) is 11.2 Å². The average Bonchev–Trinajstić information content (AvgIpc) is 3.76. The van der Waals surface area contributed by atoms with Gasteiger partial charge in [0, 0.05) is 37.1 Å². The van der Waals surface area contributed by atoms with Crippen LogP contribution in [0.5, 0.6) is 0 Å². The van der Waals surface area contributed by atoms with E-state index in [1.165, 1.54) is 39.5 Å². The van der Waals surface area contributed by atoms with Crippen LogP contribution in [0.1, 0.15) is 105 Å². The van der Waals surface area contributed by atoms with Crippen LogP contribution in [0.15, 0.2) is 12.7 Å². The first-order valence-corrected chi connectivity index (χ1v) is 26.4. The number of anilines is 1. The number of phosphoric acid groups is 3. The zero-order chi connectivity index (χ0) is 48.6. The summed E-state index contributed by atoms with van der Waals surface area (Å²) in [5.74, 6) is -0.675. The summed E-state index contributed by atoms with van der Waals surface area (Å²) >= 11 is 0.935. The number of ether oxygens (including phenoxy) is 1. The zero-order valence-electron chi connectivity index (χ0n) is 36.6. The molecule has 0 spiro atoms. The molecule has 370 valence electrons. The van der Waals surface area contributed by atoms with E-state index in [9.17, 15) is 62.7 Å². The highest BCUT2D eigenvalue weighted by molar-refractivity contribution is 8.13. The molecule has 1 saturated heterocycles. The molecule has 0 saturated carbocycles. The quantitative estimate of drug-likeness (QED) is 0.0298. The highest BCUT2D eigenvalue weighted by Gasteiger charge is 2.50. The van der Waals surface area contributed by atoms with Gasteiger partial charge in [-0.1, -0.05) is 84.4 Å². The Morgan fingerprint density at radius 1 is 0.923 bits per heavy atom. The number of phosphoric ester groups is 3. The van der Waals surface area contributed by atoms with E-state index in [1.54, 1.807) is 0 Å². The Kier molecular flexibility index (Phi) is 22.7. The number of carbonyl (C=O) groups is 4. The summed E-state index contributed by atoms with van der Waals surface area (Å²) in [6.07, 6.45) is 2.01. The number of aliphatic hydroxyl groups excluding tert-OH is 2. The van der Waals surface area contributed by atoms with Gasteiger partial charge in [-0.3, -0.25) is 37.3 Å². The van der Waals surface area contributed by atoms with Crippen LogP contribution in [-0.4, -0.2) is 128 Å². The van der Waals surface area contributed by atoms with E-state index in [-0.39, 0.29) is 59.6 Å². The van der Waals surface area contributed by atoms with Gasteiger partial charge in [-0.15, -0.1) is 0 Å². The smallest absolute Gasteiger partial charge is 0.386 e. The van der Waals surface area contributed by atoms with E-state index in [4.69, 9.17) is 19.5 Å². The molecule has 25 nitrogen and oxygen atoms in total. The Morgan fingerprint density at radius 2 is 1.57 bits per heavy atom. The van der Waals surface area contributed by atoms with E-state index < -0.39 is 84.6 Å². The second-order valence-electron chi connectivity index (χ2n) is 16.4. The summed E-state index contributed by atoms with van der Waals surface area (Å²) in [6, 6.07) is 0. The molecule has 10 N–H and O–H groups in total. The van der Waals surface area contributed by atoms with Crippen molar-refractivity contribution < 1.29 is 85.3 Å². The second kappa shape index (κ2) is 26.1. The molecule has 3 heterocycles. The molecule has 0 aliphatic carbocycles. The van der Waals surface area contributed by atoms with Crippen LogP contribution in [-0.2, 0) is 55.5 Å². The Hall–Kier alpha value is -2.77. The lowest BCUT2D eigenvalue weighted by Crippen LogP contribution is -2.46. The third-order valence-corrected chi connectivity index (χ3v) is 13.8. The van der Waals surface area contributed by atoms with Crippen molar-refractivity contribution in [3.05, 3.63) is 12.7 Å². The molecule has 65 heavy (non-hydrogen) atoms. The molecule has 1 aliphatic rings. The van der Waals surface area contributed by atoms with Gasteiger partial charge in [-0.2, -0.15) is 4.31 Å². The number of ketones is 1. The molecule has 0 bridgehead atoms. The van der Waals surface area contributed by atoms with Crippen LogP contribution in [0, 0.1) is 11.3 Å². The third-order valence-electron chi connectivity index (χ3n) is 9.84. The number of aliphatic hydroxyl groups is 2. The van der Waals surface area contributed by atoms with Gasteiger partial charge in [0.15, 0.2) is 22.8 Å². The highest BCUT2D eigenvalue weighted by atomic mass is 32.2. The molecule has 3 rings (SSSR count). The number of unbranched alkanes of at least 4 members (excludes halogenated alkanes) is 6. The van der Waals surface area contributed by atoms with E-state index in [2.05, 4.69) is 48.3 Å². The van der Waals surface area contributed by atoms with Gasteiger partial charge >= 0.3 is 23.5 Å². The van der Waals surface area contributed by atoms with Gasteiger partial charge in [-0.05, 0) is 12.3 Å². The number of fused-ring (bicyclic) bond motifs is 1. The summed E-state index contributed by atoms with van der Waals surface area (Å²) < 4.78 is 62.3. The van der Waals surface area contributed by atoms with E-state index in [1.807, 2.05) is 0 Å². The zero-order valence-corrected chi connectivity index (χ0v) is 40.1. The predicted octanol–water partition coefficient (Wildman–Crippen LogP) is 2.79. The lowest BCUT2D eigenvalue weighted by atomic mass is 9.87. The molecular weight excluding hydrogens is 943 g/mol. The maximum Gasteiger partial charge on any atom is 0.481 e. The molecule has 29 heteroatoms. The largest absolute Gasteiger partial charge is 0.481 e. The standard InChI is InChI=1S/C36H62N7O18P3S/c1-23(2)12-10-8-6-5-7-9-11-13-24(44)18-27(46)65-17-16-38-26(45)14-15-39-34(49)31(48)36(3,4)20-58-64(55,56)61-63(53,54)57-19-25-30(60-62(50,51)52)29(47)35(59-25)43-22-42-28-32(37)40-21-41-33(28)43/h21-23,25,29-31,35,47-48H,5-20H2,1-4H3,(H,38,45)(H,39,49)(H,53,54)(H,55,56)(H2,37,40,41)(H2,50,51,52)/t25-,29-,30-,31+,35-/m1/s1. The van der Waals surface area contributed by atoms with Gasteiger partial charge in [0.25, 0.3) is 0 Å². The first-order chi connectivity index (χ1) is 30.3. The average molecular weight is 1010 g/mol. The summed E-state index contributed by atoms with van der Waals surface area (Å²) in [7, 11) is -16.4. The van der Waals surface area contributed by atoms with Crippen molar-refractivity contribution in [2.24, 2.45) is 11.3 Å². The van der Waals surface area contributed by atoms with Crippen LogP contribution in [0.3, 0.4) is 0 Å². The number of nitrogen functional groups attached to an aromatic ring is 1. The summed E-state index contributed by atoms with van der Waals surface area (Å²) in [4.78, 5) is 100. The fraction of sp³-hybridized carbons (Fsp3) is 0.750. The maximum absolute atomic E-state index is 12.7. The minimum Gasteiger partial charge on any atom is -0.386 e. The number of carbonyl (C=O) groups excluding carboxylic acids is 4. The van der Waals surface area contributed by atoms with Gasteiger partial charge in [0.1, 0.15) is 42.0 Å². The van der Waals surface area contributed by atoms with E-state index in [0.717, 1.165) is 60.6 Å². The first kappa shape index (κ1) is 56.6. The van der Waals surface area contributed by atoms with Crippen molar-refractivity contribution in [2.75, 3.05) is 37.8 Å². The number of Topliss-reactive ketones (excluding diaryl/α,β-unsaturated/α-hetero) is 1. The fourth-order valence-electron chi connectivity index (χ4n) is 6.35. The van der Waals surface area contributed by atoms with Crippen LogP contribution in [0.4, 0.5) is 5.82 Å². The Labute approximate surface area is 380 Å². The van der Waals surface area contributed by atoms with Gasteiger partial charge in [0.05, 0.1) is 26.0 Å². The number of thioether (sulfide) groups is 1. The van der Waals surface area contributed by atoms with Crippen molar-refractivity contribution in [3.8, 4) is 0 Å². The molecule has 7 atom stereocenters. The molecule has 1 fully saturated rings. The van der Waals surface area contributed by atoms with Crippen LogP contribution < -0.4 is 16.4 Å². The molecule has 1 aliphatic heterocycles. The maximum atomic E-state index is 12.7. The number of rotatable bonds is 31. The number of aromatic nitrogens is 4. The molecule has 2 amide bonds. The van der Waals surface area contributed by atoms with Gasteiger partial charge in [-0.25, -0.2) is 28.6 Å². The first-order valence-electron chi connectivity index (χ1n) is 20.9. The second-order valence-corrected chi connectivity index (χ2v) is 21.8. The van der Waals surface area contributed by atoms with Crippen LogP contribution >= 0.6 is 35.2 Å². The SMILES string of the molecule is CC(C)CCCCCCCCCC(=O)CC(=O)SCCNC(=O)CCNC(=O)[C@H](O)C(C)(C)COP(=O)(O)OP(=O)(O)OC[C@H]1O[C@@H](n2cnc3c(N)ncnc32)[C@H](O)[C@@H]1OP(=O)(O)O. The summed E-state index contributed by atoms with van der Waals surface area (Å²) in [6.45, 7) is 4.78. The van der Waals surface area contributed by atoms with Crippen molar-refractivity contribution in [1.82, 2.24) is 30.2 Å². The molecular formula is C36H62N7O18P3S. The van der Waals surface area contributed by atoms with Gasteiger partial charge < -0.3 is 50.9 Å². The predicted molar refractivity (Wildman–Crippen MR) is 233 cm³/mol. The molecule has 0 radical (unpaired) electrons. The molecule has 2 aromatic heterocycles. The monoisotopic (exact) mass is 1010 g/mol. The molecule has 0 aromatic carbocycles. The number of nitrogens with zero attached hydrogens (tertiary/aromatic N) is 4. The summed E-state index contributed by atoms with van der Waals surface area (Å²) in [5, 5.41) is 26.2. The minimum absolute atomic E-state index is 0.0258. The van der Waals surface area contributed by atoms with Crippen molar-refractivity contribution in [2.45, 2.75) is 129 Å².